The molecule has 0 atom stereocenters. The number of thioether (sulfide) groups is 1. The van der Waals surface area contributed by atoms with Gasteiger partial charge in [0.05, 0.1) is 23.1 Å². The molecule has 0 amide bonds. The minimum atomic E-state index is -0.444. The van der Waals surface area contributed by atoms with Crippen molar-refractivity contribution in [2.75, 3.05) is 11.1 Å². The van der Waals surface area contributed by atoms with Crippen LogP contribution in [0.25, 0.3) is 11.1 Å². The summed E-state index contributed by atoms with van der Waals surface area (Å²) >= 11 is 1.41. The Morgan fingerprint density at radius 3 is 3.11 bits per heavy atom. The van der Waals surface area contributed by atoms with E-state index in [9.17, 15) is 10.1 Å². The SMILES string of the molecule is CCSC(=C[N+](=O)[O-])Nc1c(C)cc2coccc1-2. The predicted molar refractivity (Wildman–Crippen MR) is 76.9 cm³/mol. The molecule has 0 saturated heterocycles. The lowest BCUT2D eigenvalue weighted by Gasteiger charge is -2.09. The quantitative estimate of drug-likeness (QED) is 0.663. The van der Waals surface area contributed by atoms with Crippen LogP contribution in [0.3, 0.4) is 0 Å². The van der Waals surface area contributed by atoms with Gasteiger partial charge in [0.25, 0.3) is 6.20 Å². The Bertz CT molecular complexity index is 592. The molecule has 0 aromatic heterocycles. The molecule has 1 heterocycles. The number of anilines is 1. The summed E-state index contributed by atoms with van der Waals surface area (Å²) in [5.74, 6) is 0.764. The highest BCUT2D eigenvalue weighted by Gasteiger charge is 2.15. The van der Waals surface area contributed by atoms with Crippen molar-refractivity contribution >= 4 is 17.4 Å². The number of hydrogen-bond acceptors (Lipinski definition) is 5. The first-order valence-electron chi connectivity index (χ1n) is 5.82. The van der Waals surface area contributed by atoms with Gasteiger partial charge in [-0.15, -0.1) is 11.8 Å². The Labute approximate surface area is 115 Å². The Morgan fingerprint density at radius 1 is 1.63 bits per heavy atom. The van der Waals surface area contributed by atoms with Crippen LogP contribution in [-0.4, -0.2) is 10.7 Å². The van der Waals surface area contributed by atoms with Gasteiger partial charge in [0.15, 0.2) is 0 Å². The topological polar surface area (TPSA) is 68.3 Å². The highest BCUT2D eigenvalue weighted by molar-refractivity contribution is 8.03. The molecule has 0 spiro atoms. The molecular weight excluding hydrogens is 264 g/mol. The van der Waals surface area contributed by atoms with Crippen molar-refractivity contribution < 1.29 is 9.34 Å². The van der Waals surface area contributed by atoms with Crippen LogP contribution in [0.1, 0.15) is 12.5 Å². The molecule has 2 rings (SSSR count). The van der Waals surface area contributed by atoms with E-state index in [0.717, 1.165) is 34.3 Å². The van der Waals surface area contributed by atoms with E-state index in [4.69, 9.17) is 4.42 Å². The van der Waals surface area contributed by atoms with Crippen LogP contribution in [0.4, 0.5) is 5.69 Å². The number of aryl methyl sites for hydroxylation is 1. The first-order valence-corrected chi connectivity index (χ1v) is 6.81. The smallest absolute Gasteiger partial charge is 0.264 e. The highest BCUT2D eigenvalue weighted by Crippen LogP contribution is 2.37. The van der Waals surface area contributed by atoms with Crippen molar-refractivity contribution in [3.05, 3.63) is 51.6 Å². The largest absolute Gasteiger partial charge is 0.472 e. The molecule has 6 heteroatoms. The van der Waals surface area contributed by atoms with E-state index in [1.54, 1.807) is 12.5 Å². The molecule has 2 aliphatic rings. The lowest BCUT2D eigenvalue weighted by molar-refractivity contribution is -0.402. The maximum atomic E-state index is 10.6. The van der Waals surface area contributed by atoms with Crippen LogP contribution >= 0.6 is 11.8 Å². The molecule has 0 fully saturated rings. The van der Waals surface area contributed by atoms with E-state index < -0.39 is 4.92 Å². The van der Waals surface area contributed by atoms with Crippen LogP contribution in [0.2, 0.25) is 0 Å². The van der Waals surface area contributed by atoms with Gasteiger partial charge < -0.3 is 9.73 Å². The molecule has 1 aliphatic heterocycles. The minimum absolute atomic E-state index is 0.444. The maximum Gasteiger partial charge on any atom is 0.264 e. The summed E-state index contributed by atoms with van der Waals surface area (Å²) in [5, 5.41) is 14.3. The summed E-state index contributed by atoms with van der Waals surface area (Å²) in [6.07, 6.45) is 4.26. The van der Waals surface area contributed by atoms with Gasteiger partial charge in [-0.2, -0.15) is 0 Å². The van der Waals surface area contributed by atoms with Gasteiger partial charge in [-0.25, -0.2) is 0 Å². The monoisotopic (exact) mass is 278 g/mol. The van der Waals surface area contributed by atoms with Gasteiger partial charge >= 0.3 is 0 Å². The zero-order chi connectivity index (χ0) is 13.8. The fourth-order valence-electron chi connectivity index (χ4n) is 1.88. The van der Waals surface area contributed by atoms with Crippen LogP contribution < -0.4 is 5.32 Å². The number of nitro groups is 1. The van der Waals surface area contributed by atoms with Gasteiger partial charge in [0.2, 0.25) is 0 Å². The molecule has 19 heavy (non-hydrogen) atoms. The Kier molecular flexibility index (Phi) is 4.11. The first kappa shape index (κ1) is 13.5. The third-order valence-electron chi connectivity index (χ3n) is 2.63. The number of fused-ring (bicyclic) bond motifs is 1. The first-order chi connectivity index (χ1) is 9.11. The zero-order valence-corrected chi connectivity index (χ0v) is 11.5. The van der Waals surface area contributed by atoms with Gasteiger partial charge in [0.1, 0.15) is 5.03 Å². The van der Waals surface area contributed by atoms with E-state index in [2.05, 4.69) is 5.32 Å². The van der Waals surface area contributed by atoms with Crippen molar-refractivity contribution in [1.29, 1.82) is 0 Å². The third-order valence-corrected chi connectivity index (χ3v) is 3.43. The normalized spacial score (nSPS) is 11.8. The molecule has 1 N–H and O–H groups in total. The minimum Gasteiger partial charge on any atom is -0.472 e. The number of rotatable bonds is 5. The summed E-state index contributed by atoms with van der Waals surface area (Å²) in [7, 11) is 0. The second kappa shape index (κ2) is 5.79. The van der Waals surface area contributed by atoms with E-state index in [1.165, 1.54) is 11.8 Å². The summed E-state index contributed by atoms with van der Waals surface area (Å²) < 4.78 is 5.12. The van der Waals surface area contributed by atoms with E-state index in [-0.39, 0.29) is 0 Å². The van der Waals surface area contributed by atoms with Gasteiger partial charge in [-0.05, 0) is 30.4 Å². The summed E-state index contributed by atoms with van der Waals surface area (Å²) in [6, 6.07) is 3.84. The molecule has 0 unspecified atom stereocenters. The average Bonchev–Trinajstić information content (AvgIpc) is 2.66. The van der Waals surface area contributed by atoms with Crippen LogP contribution in [0.15, 0.2) is 40.3 Å². The molecule has 0 radical (unpaired) electrons. The summed E-state index contributed by atoms with van der Waals surface area (Å²) in [6.45, 7) is 3.91. The van der Waals surface area contributed by atoms with Gasteiger partial charge in [0, 0.05) is 11.1 Å². The van der Waals surface area contributed by atoms with Crippen LogP contribution in [0, 0.1) is 17.0 Å². The molecule has 0 aromatic rings. The molecule has 1 aliphatic carbocycles. The van der Waals surface area contributed by atoms with Crippen LogP contribution in [-0.2, 0) is 0 Å². The Hall–Kier alpha value is -1.95. The second-order valence-electron chi connectivity index (χ2n) is 3.96. The second-order valence-corrected chi connectivity index (χ2v) is 5.27. The molecule has 100 valence electrons. The summed E-state index contributed by atoms with van der Waals surface area (Å²) in [4.78, 5) is 10.2. The summed E-state index contributed by atoms with van der Waals surface area (Å²) in [5.41, 5.74) is 3.89. The third kappa shape index (κ3) is 3.08. The van der Waals surface area contributed by atoms with Crippen molar-refractivity contribution in [3.63, 3.8) is 0 Å². The van der Waals surface area contributed by atoms with Gasteiger partial charge in [-0.3, -0.25) is 10.1 Å². The highest BCUT2D eigenvalue weighted by atomic mass is 32.2. The fourth-order valence-corrected chi connectivity index (χ4v) is 2.53. The van der Waals surface area contributed by atoms with E-state index in [1.807, 2.05) is 26.0 Å². The molecule has 0 aromatic carbocycles. The van der Waals surface area contributed by atoms with Crippen molar-refractivity contribution in [2.24, 2.45) is 0 Å². The zero-order valence-electron chi connectivity index (χ0n) is 10.7. The van der Waals surface area contributed by atoms with Crippen LogP contribution in [0.5, 0.6) is 0 Å². The van der Waals surface area contributed by atoms with Crippen molar-refractivity contribution in [1.82, 2.24) is 0 Å². The molecule has 0 bridgehead atoms. The average molecular weight is 278 g/mol. The van der Waals surface area contributed by atoms with Crippen molar-refractivity contribution in [2.45, 2.75) is 13.8 Å². The number of hydrogen-bond donors (Lipinski definition) is 1. The van der Waals surface area contributed by atoms with E-state index in [0.29, 0.717) is 5.03 Å². The van der Waals surface area contributed by atoms with Gasteiger partial charge in [-0.1, -0.05) is 6.92 Å². The number of nitrogens with zero attached hydrogens (tertiary/aromatic N) is 1. The molecule has 5 nitrogen and oxygen atoms in total. The molecular formula is C13H14N2O3S. The molecule has 0 saturated carbocycles. The lowest BCUT2D eigenvalue weighted by Crippen LogP contribution is -2.01. The fraction of sp³-hybridized carbons (Fsp3) is 0.231. The predicted octanol–water partition coefficient (Wildman–Crippen LogP) is 3.93. The van der Waals surface area contributed by atoms with E-state index >= 15 is 0 Å². The lowest BCUT2D eigenvalue weighted by atomic mass is 10.2. The standard InChI is InChI=1S/C13H14N2O3S/c1-3-19-12(7-15(16)17)14-13-9(2)6-10-8-18-5-4-11(10)13/h4-8,14H,3H2,1-2H3. The number of nitrogens with one attached hydrogen (secondary N) is 1. The maximum absolute atomic E-state index is 10.6. The van der Waals surface area contributed by atoms with Crippen molar-refractivity contribution in [3.8, 4) is 11.1 Å². The Balaban J connectivity index is 2.34. The Morgan fingerprint density at radius 2 is 2.42 bits per heavy atom.